The largest absolute Gasteiger partial charge is 0.505 e. The summed E-state index contributed by atoms with van der Waals surface area (Å²) in [5.74, 6) is 0.812. The van der Waals surface area contributed by atoms with Gasteiger partial charge in [-0.15, -0.1) is 0 Å². The van der Waals surface area contributed by atoms with Crippen LogP contribution >= 0.6 is 0 Å². The van der Waals surface area contributed by atoms with E-state index in [0.717, 1.165) is 16.9 Å². The molecular weight excluding hydrogens is 262 g/mol. The molecule has 3 aromatic rings. The van der Waals surface area contributed by atoms with Crippen LogP contribution in [0.1, 0.15) is 20.8 Å². The molecule has 4 nitrogen and oxygen atoms in total. The zero-order valence-electron chi connectivity index (χ0n) is 12.5. The lowest BCUT2D eigenvalue weighted by Gasteiger charge is -2.25. The topological polar surface area (TPSA) is 64.1 Å². The number of para-hydroxylation sites is 3. The molecule has 1 aromatic heterocycles. The van der Waals surface area contributed by atoms with E-state index < -0.39 is 0 Å². The lowest BCUT2D eigenvalue weighted by atomic mass is 10.1. The fourth-order valence-corrected chi connectivity index (χ4v) is 2.63. The van der Waals surface area contributed by atoms with Gasteiger partial charge in [0.25, 0.3) is 0 Å². The fourth-order valence-electron chi connectivity index (χ4n) is 2.63. The molecule has 0 atom stereocenters. The average Bonchev–Trinajstić information content (AvgIpc) is 2.80. The highest BCUT2D eigenvalue weighted by Crippen LogP contribution is 2.37. The van der Waals surface area contributed by atoms with Gasteiger partial charge in [-0.05, 0) is 45.0 Å². The normalized spacial score (nSPS) is 12.0. The van der Waals surface area contributed by atoms with Crippen LogP contribution in [0.25, 0.3) is 22.4 Å². The lowest BCUT2D eigenvalue weighted by Crippen LogP contribution is -2.22. The van der Waals surface area contributed by atoms with Crippen molar-refractivity contribution in [1.29, 1.82) is 0 Å². The molecule has 3 N–H and O–H groups in total. The Bertz CT molecular complexity index is 813. The molecule has 0 radical (unpaired) electrons. The first-order valence-corrected chi connectivity index (χ1v) is 6.95. The number of imidazole rings is 1. The molecule has 3 rings (SSSR count). The van der Waals surface area contributed by atoms with Crippen LogP contribution in [0.2, 0.25) is 0 Å². The van der Waals surface area contributed by atoms with Crippen molar-refractivity contribution in [2.75, 3.05) is 5.73 Å². The highest BCUT2D eigenvalue weighted by Gasteiger charge is 2.24. The minimum Gasteiger partial charge on any atom is -0.505 e. The van der Waals surface area contributed by atoms with Crippen molar-refractivity contribution in [1.82, 2.24) is 9.55 Å². The summed E-state index contributed by atoms with van der Waals surface area (Å²) in [5.41, 5.74) is 8.63. The van der Waals surface area contributed by atoms with Gasteiger partial charge in [0, 0.05) is 5.54 Å². The van der Waals surface area contributed by atoms with Crippen LogP contribution in [0.5, 0.6) is 5.75 Å². The van der Waals surface area contributed by atoms with Crippen LogP contribution in [0.15, 0.2) is 42.5 Å². The van der Waals surface area contributed by atoms with Gasteiger partial charge in [-0.3, -0.25) is 0 Å². The van der Waals surface area contributed by atoms with Gasteiger partial charge in [0.2, 0.25) is 0 Å². The van der Waals surface area contributed by atoms with E-state index in [-0.39, 0.29) is 11.3 Å². The van der Waals surface area contributed by atoms with E-state index in [1.807, 2.05) is 36.4 Å². The Morgan fingerprint density at radius 1 is 1.05 bits per heavy atom. The zero-order valence-corrected chi connectivity index (χ0v) is 12.5. The summed E-state index contributed by atoms with van der Waals surface area (Å²) in [5, 5.41) is 10.3. The van der Waals surface area contributed by atoms with E-state index in [2.05, 4.69) is 25.3 Å². The number of hydrogen-bond donors (Lipinski definition) is 2. The van der Waals surface area contributed by atoms with Crippen molar-refractivity contribution in [2.24, 2.45) is 0 Å². The first-order valence-electron chi connectivity index (χ1n) is 6.95. The van der Waals surface area contributed by atoms with Crippen molar-refractivity contribution in [3.8, 4) is 17.1 Å². The standard InChI is InChI=1S/C17H19N3O/c1-17(2,3)20-14-10-5-4-9-13(14)19-16(20)11-7-6-8-12(18)15(11)21/h4-10,21H,18H2,1-3H3. The highest BCUT2D eigenvalue weighted by molar-refractivity contribution is 5.83. The second-order valence-electron chi connectivity index (χ2n) is 6.17. The number of aromatic hydroxyl groups is 1. The minimum absolute atomic E-state index is 0.0818. The van der Waals surface area contributed by atoms with E-state index >= 15 is 0 Å². The SMILES string of the molecule is CC(C)(C)n1c(-c2cccc(N)c2O)nc2ccccc21. The quantitative estimate of drug-likeness (QED) is 0.527. The van der Waals surface area contributed by atoms with E-state index in [1.54, 1.807) is 6.07 Å². The van der Waals surface area contributed by atoms with Gasteiger partial charge in [0.15, 0.2) is 0 Å². The van der Waals surface area contributed by atoms with Crippen LogP contribution in [0.4, 0.5) is 5.69 Å². The van der Waals surface area contributed by atoms with Crippen LogP contribution in [0.3, 0.4) is 0 Å². The van der Waals surface area contributed by atoms with Gasteiger partial charge >= 0.3 is 0 Å². The smallest absolute Gasteiger partial charge is 0.149 e. The Hall–Kier alpha value is -2.49. The summed E-state index contributed by atoms with van der Waals surface area (Å²) >= 11 is 0. The summed E-state index contributed by atoms with van der Waals surface area (Å²) in [6.45, 7) is 6.36. The molecule has 0 amide bonds. The molecule has 0 bridgehead atoms. The molecule has 0 aliphatic heterocycles. The first kappa shape index (κ1) is 13.5. The Kier molecular flexibility index (Phi) is 2.90. The molecule has 0 saturated heterocycles. The van der Waals surface area contributed by atoms with Gasteiger partial charge in [0.1, 0.15) is 11.6 Å². The number of nitrogen functional groups attached to an aromatic ring is 1. The van der Waals surface area contributed by atoms with Crippen molar-refractivity contribution >= 4 is 16.7 Å². The maximum absolute atomic E-state index is 10.3. The molecule has 0 aliphatic rings. The highest BCUT2D eigenvalue weighted by atomic mass is 16.3. The van der Waals surface area contributed by atoms with Crippen molar-refractivity contribution in [3.63, 3.8) is 0 Å². The van der Waals surface area contributed by atoms with E-state index in [9.17, 15) is 5.11 Å². The maximum atomic E-state index is 10.3. The van der Waals surface area contributed by atoms with Gasteiger partial charge < -0.3 is 15.4 Å². The van der Waals surface area contributed by atoms with E-state index in [0.29, 0.717) is 11.3 Å². The Balaban J connectivity index is 2.40. The van der Waals surface area contributed by atoms with Crippen molar-refractivity contribution < 1.29 is 5.11 Å². The van der Waals surface area contributed by atoms with Crippen LogP contribution in [-0.4, -0.2) is 14.7 Å². The number of nitrogens with two attached hydrogens (primary N) is 1. The average molecular weight is 281 g/mol. The second kappa shape index (κ2) is 4.52. The molecule has 1 heterocycles. The van der Waals surface area contributed by atoms with E-state index in [1.165, 1.54) is 0 Å². The number of aromatic nitrogens is 2. The third-order valence-electron chi connectivity index (χ3n) is 3.54. The number of benzene rings is 2. The van der Waals surface area contributed by atoms with Gasteiger partial charge in [-0.25, -0.2) is 4.98 Å². The summed E-state index contributed by atoms with van der Waals surface area (Å²) in [4.78, 5) is 4.70. The predicted molar refractivity (Wildman–Crippen MR) is 86.2 cm³/mol. The number of phenols is 1. The number of phenolic OH excluding ortho intramolecular Hbond substituents is 1. The zero-order chi connectivity index (χ0) is 15.2. The van der Waals surface area contributed by atoms with Gasteiger partial charge in [-0.1, -0.05) is 18.2 Å². The molecule has 0 spiro atoms. The molecule has 21 heavy (non-hydrogen) atoms. The molecular formula is C17H19N3O. The second-order valence-corrected chi connectivity index (χ2v) is 6.17. The third kappa shape index (κ3) is 2.13. The predicted octanol–water partition coefficient (Wildman–Crippen LogP) is 3.75. The number of hydrogen-bond acceptors (Lipinski definition) is 3. The van der Waals surface area contributed by atoms with E-state index in [4.69, 9.17) is 10.7 Å². The summed E-state index contributed by atoms with van der Waals surface area (Å²) < 4.78 is 2.14. The van der Waals surface area contributed by atoms with Crippen LogP contribution in [0, 0.1) is 0 Å². The number of nitrogens with zero attached hydrogens (tertiary/aromatic N) is 2. The number of fused-ring (bicyclic) bond motifs is 1. The maximum Gasteiger partial charge on any atom is 0.149 e. The molecule has 0 saturated carbocycles. The summed E-state index contributed by atoms with van der Waals surface area (Å²) in [7, 11) is 0. The molecule has 108 valence electrons. The fraction of sp³-hybridized carbons (Fsp3) is 0.235. The number of rotatable bonds is 1. The summed E-state index contributed by atoms with van der Waals surface area (Å²) in [6, 6.07) is 13.3. The first-order chi connectivity index (χ1) is 9.89. The van der Waals surface area contributed by atoms with Crippen LogP contribution < -0.4 is 5.73 Å². The minimum atomic E-state index is -0.164. The number of anilines is 1. The Labute approximate surface area is 123 Å². The Morgan fingerprint density at radius 2 is 1.76 bits per heavy atom. The van der Waals surface area contributed by atoms with Crippen LogP contribution in [-0.2, 0) is 5.54 Å². The van der Waals surface area contributed by atoms with Crippen molar-refractivity contribution in [2.45, 2.75) is 26.3 Å². The molecule has 4 heteroatoms. The van der Waals surface area contributed by atoms with Gasteiger partial charge in [0.05, 0.1) is 22.3 Å². The third-order valence-corrected chi connectivity index (χ3v) is 3.54. The summed E-state index contributed by atoms with van der Waals surface area (Å²) in [6.07, 6.45) is 0. The molecule has 2 aromatic carbocycles. The monoisotopic (exact) mass is 281 g/mol. The Morgan fingerprint density at radius 3 is 2.48 bits per heavy atom. The molecule has 0 unspecified atom stereocenters. The van der Waals surface area contributed by atoms with Crippen molar-refractivity contribution in [3.05, 3.63) is 42.5 Å². The lowest BCUT2D eigenvalue weighted by molar-refractivity contribution is 0.411. The van der Waals surface area contributed by atoms with Gasteiger partial charge in [-0.2, -0.15) is 0 Å². The molecule has 0 fully saturated rings. The molecule has 0 aliphatic carbocycles.